The first-order valence-corrected chi connectivity index (χ1v) is 4.92. The van der Waals surface area contributed by atoms with E-state index in [1.807, 2.05) is 0 Å². The number of rotatable bonds is 4. The largest absolute Gasteiger partial charge is 0.508 e. The highest BCUT2D eigenvalue weighted by Crippen LogP contribution is 2.11. The molecule has 0 unspecified atom stereocenters. The third-order valence-corrected chi connectivity index (χ3v) is 2.04. The first kappa shape index (κ1) is 13.1. The van der Waals surface area contributed by atoms with Gasteiger partial charge in [0, 0.05) is 0 Å². The quantitative estimate of drug-likeness (QED) is 0.474. The topological polar surface area (TPSA) is 110 Å². The molecule has 0 spiro atoms. The normalized spacial score (nSPS) is 11.9. The number of phenols is 1. The Morgan fingerprint density at radius 1 is 1.29 bits per heavy atom. The second-order valence-electron chi connectivity index (χ2n) is 3.43. The van der Waals surface area contributed by atoms with E-state index in [-0.39, 0.29) is 12.2 Å². The van der Waals surface area contributed by atoms with Crippen molar-refractivity contribution in [1.29, 1.82) is 0 Å². The molecule has 1 rings (SSSR count). The fraction of sp³-hybridized carbons (Fsp3) is 0.273. The number of carbonyl (C=O) groups excluding carboxylic acids is 2. The van der Waals surface area contributed by atoms with Gasteiger partial charge in [0.05, 0.1) is 0 Å². The number of aromatic hydroxyl groups is 1. The first-order chi connectivity index (χ1) is 8.02. The van der Waals surface area contributed by atoms with Crippen molar-refractivity contribution in [2.45, 2.75) is 12.5 Å². The lowest BCUT2D eigenvalue weighted by Crippen LogP contribution is -2.36. The Balaban J connectivity index is 2.54. The van der Waals surface area contributed by atoms with Crippen molar-refractivity contribution in [3.8, 4) is 5.75 Å². The van der Waals surface area contributed by atoms with Gasteiger partial charge in [-0.2, -0.15) is 0 Å². The SMILES string of the molecule is N[C@@H](Cc1ccc(O)cc1)C(=O)OC(=O)CO. The van der Waals surface area contributed by atoms with E-state index in [2.05, 4.69) is 4.74 Å². The molecule has 92 valence electrons. The van der Waals surface area contributed by atoms with Gasteiger partial charge in [-0.25, -0.2) is 9.59 Å². The Morgan fingerprint density at radius 3 is 2.41 bits per heavy atom. The second-order valence-corrected chi connectivity index (χ2v) is 3.43. The zero-order valence-corrected chi connectivity index (χ0v) is 9.00. The third kappa shape index (κ3) is 4.21. The molecule has 6 nitrogen and oxygen atoms in total. The highest BCUT2D eigenvalue weighted by molar-refractivity contribution is 5.88. The van der Waals surface area contributed by atoms with E-state index in [1.54, 1.807) is 12.1 Å². The minimum absolute atomic E-state index is 0.111. The number of aliphatic hydroxyl groups excluding tert-OH is 1. The zero-order chi connectivity index (χ0) is 12.8. The van der Waals surface area contributed by atoms with E-state index in [1.165, 1.54) is 12.1 Å². The van der Waals surface area contributed by atoms with Crippen molar-refractivity contribution in [3.63, 3.8) is 0 Å². The van der Waals surface area contributed by atoms with Crippen LogP contribution < -0.4 is 5.73 Å². The lowest BCUT2D eigenvalue weighted by molar-refractivity contribution is -0.162. The van der Waals surface area contributed by atoms with Crippen LogP contribution in [0.3, 0.4) is 0 Å². The molecule has 0 heterocycles. The first-order valence-electron chi connectivity index (χ1n) is 4.92. The molecule has 1 aromatic rings. The number of hydrogen-bond donors (Lipinski definition) is 3. The summed E-state index contributed by atoms with van der Waals surface area (Å²) in [5.41, 5.74) is 6.25. The van der Waals surface area contributed by atoms with Crippen molar-refractivity contribution in [3.05, 3.63) is 29.8 Å². The van der Waals surface area contributed by atoms with Gasteiger partial charge in [-0.05, 0) is 24.1 Å². The van der Waals surface area contributed by atoms with Crippen LogP contribution in [0.5, 0.6) is 5.75 Å². The van der Waals surface area contributed by atoms with E-state index < -0.39 is 24.6 Å². The highest BCUT2D eigenvalue weighted by Gasteiger charge is 2.18. The number of nitrogens with two attached hydrogens (primary N) is 1. The van der Waals surface area contributed by atoms with Gasteiger partial charge in [0.25, 0.3) is 0 Å². The number of esters is 2. The van der Waals surface area contributed by atoms with Crippen LogP contribution in [0.15, 0.2) is 24.3 Å². The second kappa shape index (κ2) is 5.97. The number of phenolic OH excluding ortho intramolecular Hbond substituents is 1. The smallest absolute Gasteiger partial charge is 0.339 e. The van der Waals surface area contributed by atoms with Gasteiger partial charge in [-0.1, -0.05) is 12.1 Å². The summed E-state index contributed by atoms with van der Waals surface area (Å²) in [6, 6.07) is 5.15. The molecule has 0 aromatic heterocycles. The Labute approximate surface area is 97.6 Å². The van der Waals surface area contributed by atoms with Gasteiger partial charge in [-0.3, -0.25) is 0 Å². The molecule has 1 atom stereocenters. The summed E-state index contributed by atoms with van der Waals surface area (Å²) >= 11 is 0. The molecule has 0 fully saturated rings. The maximum Gasteiger partial charge on any atom is 0.339 e. The summed E-state index contributed by atoms with van der Waals surface area (Å²) in [7, 11) is 0. The number of hydrogen-bond acceptors (Lipinski definition) is 6. The molecule has 4 N–H and O–H groups in total. The zero-order valence-electron chi connectivity index (χ0n) is 9.00. The molecule has 0 aliphatic heterocycles. The van der Waals surface area contributed by atoms with Crippen LogP contribution >= 0.6 is 0 Å². The molecule has 17 heavy (non-hydrogen) atoms. The fourth-order valence-electron chi connectivity index (χ4n) is 1.19. The van der Waals surface area contributed by atoms with Crippen molar-refractivity contribution >= 4 is 11.9 Å². The third-order valence-electron chi connectivity index (χ3n) is 2.04. The van der Waals surface area contributed by atoms with Gasteiger partial charge in [0.2, 0.25) is 0 Å². The Morgan fingerprint density at radius 2 is 1.88 bits per heavy atom. The van der Waals surface area contributed by atoms with Crippen molar-refractivity contribution in [1.82, 2.24) is 0 Å². The minimum Gasteiger partial charge on any atom is -0.508 e. The molecule has 0 radical (unpaired) electrons. The molecule has 0 aliphatic carbocycles. The standard InChI is InChI=1S/C11H13NO5/c12-9(11(16)17-10(15)6-13)5-7-1-3-8(14)4-2-7/h1-4,9,13-14H,5-6,12H2/t9-/m0/s1. The van der Waals surface area contributed by atoms with Crippen LogP contribution in [-0.2, 0) is 20.7 Å². The lowest BCUT2D eigenvalue weighted by Gasteiger charge is -2.09. The molecule has 0 saturated carbocycles. The van der Waals surface area contributed by atoms with E-state index in [4.69, 9.17) is 15.9 Å². The summed E-state index contributed by atoms with van der Waals surface area (Å²) in [5.74, 6) is -1.81. The van der Waals surface area contributed by atoms with Gasteiger partial charge in [0.1, 0.15) is 18.4 Å². The summed E-state index contributed by atoms with van der Waals surface area (Å²) in [6.07, 6.45) is 0.178. The molecule has 0 bridgehead atoms. The van der Waals surface area contributed by atoms with E-state index in [9.17, 15) is 9.59 Å². The predicted molar refractivity (Wildman–Crippen MR) is 58.0 cm³/mol. The molecule has 0 amide bonds. The van der Waals surface area contributed by atoms with Gasteiger partial charge < -0.3 is 20.7 Å². The van der Waals surface area contributed by atoms with E-state index in [0.717, 1.165) is 5.56 Å². The van der Waals surface area contributed by atoms with Gasteiger partial charge in [0.15, 0.2) is 0 Å². The number of aliphatic hydroxyl groups is 1. The minimum atomic E-state index is -1.03. The summed E-state index contributed by atoms with van der Waals surface area (Å²) in [6.45, 7) is -0.863. The fourth-order valence-corrected chi connectivity index (χ4v) is 1.19. The molecular weight excluding hydrogens is 226 g/mol. The molecular formula is C11H13NO5. The van der Waals surface area contributed by atoms with Crippen molar-refractivity contribution < 1.29 is 24.5 Å². The maximum absolute atomic E-state index is 11.3. The average Bonchev–Trinajstić information content (AvgIpc) is 2.31. The van der Waals surface area contributed by atoms with E-state index in [0.29, 0.717) is 0 Å². The molecule has 0 saturated heterocycles. The number of ether oxygens (including phenoxy) is 1. The van der Waals surface area contributed by atoms with Crippen LogP contribution in [0.4, 0.5) is 0 Å². The summed E-state index contributed by atoms with van der Waals surface area (Å²) in [4.78, 5) is 21.9. The lowest BCUT2D eigenvalue weighted by atomic mass is 10.1. The Kier molecular flexibility index (Phi) is 4.62. The van der Waals surface area contributed by atoms with Crippen LogP contribution in [0.2, 0.25) is 0 Å². The van der Waals surface area contributed by atoms with Gasteiger partial charge in [-0.15, -0.1) is 0 Å². The maximum atomic E-state index is 11.3. The molecule has 6 heteroatoms. The van der Waals surface area contributed by atoms with E-state index >= 15 is 0 Å². The predicted octanol–water partition coefficient (Wildman–Crippen LogP) is -0.676. The number of carbonyl (C=O) groups is 2. The summed E-state index contributed by atoms with van der Waals surface area (Å²) < 4.78 is 4.26. The van der Waals surface area contributed by atoms with Crippen LogP contribution in [0.1, 0.15) is 5.56 Å². The van der Waals surface area contributed by atoms with Crippen molar-refractivity contribution in [2.24, 2.45) is 5.73 Å². The Hall–Kier alpha value is -1.92. The number of benzene rings is 1. The molecule has 1 aromatic carbocycles. The summed E-state index contributed by atoms with van der Waals surface area (Å²) in [5, 5.41) is 17.4. The Bertz CT molecular complexity index is 401. The van der Waals surface area contributed by atoms with Gasteiger partial charge >= 0.3 is 11.9 Å². The van der Waals surface area contributed by atoms with Crippen LogP contribution in [-0.4, -0.2) is 34.8 Å². The highest BCUT2D eigenvalue weighted by atomic mass is 16.6. The van der Waals surface area contributed by atoms with Crippen LogP contribution in [0, 0.1) is 0 Å². The average molecular weight is 239 g/mol. The monoisotopic (exact) mass is 239 g/mol. The molecule has 0 aliphatic rings. The van der Waals surface area contributed by atoms with Crippen LogP contribution in [0.25, 0.3) is 0 Å². The van der Waals surface area contributed by atoms with Crippen molar-refractivity contribution in [2.75, 3.05) is 6.61 Å².